The van der Waals surface area contributed by atoms with Crippen molar-refractivity contribution in [1.29, 1.82) is 0 Å². The van der Waals surface area contributed by atoms with Crippen LogP contribution in [0.15, 0.2) is 59.7 Å². The fourth-order valence-electron chi connectivity index (χ4n) is 3.45. The number of methoxy groups -OCH3 is 1. The molecule has 1 aliphatic rings. The van der Waals surface area contributed by atoms with Gasteiger partial charge in [0.1, 0.15) is 11.2 Å². The molecular formula is C24H27N3O3. The molecule has 0 atom stereocenters. The maximum Gasteiger partial charge on any atom is 0.240 e. The second kappa shape index (κ2) is 8.53. The van der Waals surface area contributed by atoms with Crippen LogP contribution >= 0.6 is 0 Å². The number of benzene rings is 2. The van der Waals surface area contributed by atoms with E-state index in [2.05, 4.69) is 16.9 Å². The molecule has 3 rings (SSSR count). The van der Waals surface area contributed by atoms with E-state index in [9.17, 15) is 9.59 Å². The minimum atomic E-state index is -0.971. The predicted molar refractivity (Wildman–Crippen MR) is 119 cm³/mol. The van der Waals surface area contributed by atoms with Crippen LogP contribution in [0.3, 0.4) is 0 Å². The molecule has 0 spiro atoms. The van der Waals surface area contributed by atoms with E-state index in [1.54, 1.807) is 21.2 Å². The summed E-state index contributed by atoms with van der Waals surface area (Å²) in [5.74, 6) is 0.216. The van der Waals surface area contributed by atoms with Gasteiger partial charge in [0.15, 0.2) is 0 Å². The maximum atomic E-state index is 12.6. The zero-order chi connectivity index (χ0) is 21.9. The summed E-state index contributed by atoms with van der Waals surface area (Å²) in [4.78, 5) is 31.0. The fourth-order valence-corrected chi connectivity index (χ4v) is 3.45. The van der Waals surface area contributed by atoms with Gasteiger partial charge in [0, 0.05) is 25.2 Å². The molecule has 156 valence electrons. The molecule has 0 aliphatic heterocycles. The molecule has 0 heterocycles. The molecule has 30 heavy (non-hydrogen) atoms. The van der Waals surface area contributed by atoms with Gasteiger partial charge in [-0.05, 0) is 37.5 Å². The molecule has 2 amide bonds. The van der Waals surface area contributed by atoms with Crippen LogP contribution in [0.2, 0.25) is 0 Å². The van der Waals surface area contributed by atoms with Crippen molar-refractivity contribution in [3.05, 3.63) is 60.3 Å². The summed E-state index contributed by atoms with van der Waals surface area (Å²) in [5, 5.41) is 2.73. The number of aliphatic imine (C=N–C) groups is 1. The van der Waals surface area contributed by atoms with Crippen molar-refractivity contribution in [2.24, 2.45) is 10.4 Å². The number of carbonyl (C=O) groups is 2. The number of ether oxygens (including phenoxy) is 1. The highest BCUT2D eigenvalue weighted by Crippen LogP contribution is 2.47. The van der Waals surface area contributed by atoms with Gasteiger partial charge >= 0.3 is 0 Å². The Labute approximate surface area is 177 Å². The van der Waals surface area contributed by atoms with E-state index in [4.69, 9.17) is 4.74 Å². The maximum absolute atomic E-state index is 12.6. The first-order valence-electron chi connectivity index (χ1n) is 9.79. The zero-order valence-electron chi connectivity index (χ0n) is 17.9. The van der Waals surface area contributed by atoms with Crippen LogP contribution in [0, 0.1) is 12.3 Å². The number of amides is 2. The lowest BCUT2D eigenvalue weighted by atomic mass is 10.00. The smallest absolute Gasteiger partial charge is 0.240 e. The number of hydrogen-bond acceptors (Lipinski definition) is 4. The number of allylic oxidation sites excluding steroid dienone is 1. The molecule has 1 saturated carbocycles. The summed E-state index contributed by atoms with van der Waals surface area (Å²) >= 11 is 0. The highest BCUT2D eigenvalue weighted by atomic mass is 16.5. The molecule has 6 nitrogen and oxygen atoms in total. The van der Waals surface area contributed by atoms with Gasteiger partial charge < -0.3 is 15.0 Å². The number of hydrogen-bond donors (Lipinski definition) is 1. The molecule has 0 aromatic heterocycles. The average molecular weight is 405 g/mol. The van der Waals surface area contributed by atoms with E-state index in [0.717, 1.165) is 28.1 Å². The van der Waals surface area contributed by atoms with Gasteiger partial charge in [-0.1, -0.05) is 36.9 Å². The van der Waals surface area contributed by atoms with E-state index < -0.39 is 5.41 Å². The van der Waals surface area contributed by atoms with Crippen molar-refractivity contribution >= 4 is 23.7 Å². The Morgan fingerprint density at radius 3 is 2.40 bits per heavy atom. The minimum absolute atomic E-state index is 0.181. The molecule has 0 unspecified atom stereocenters. The van der Waals surface area contributed by atoms with Gasteiger partial charge in [-0.2, -0.15) is 0 Å². The predicted octanol–water partition coefficient (Wildman–Crippen LogP) is 3.87. The minimum Gasteiger partial charge on any atom is -0.496 e. The summed E-state index contributed by atoms with van der Waals surface area (Å²) in [6.45, 7) is 5.83. The van der Waals surface area contributed by atoms with Crippen LogP contribution < -0.4 is 10.1 Å². The van der Waals surface area contributed by atoms with Gasteiger partial charge in [-0.25, -0.2) is 0 Å². The molecule has 1 N–H and O–H groups in total. The van der Waals surface area contributed by atoms with Crippen LogP contribution in [0.1, 0.15) is 18.4 Å². The zero-order valence-corrected chi connectivity index (χ0v) is 17.9. The molecule has 0 bridgehead atoms. The lowest BCUT2D eigenvalue weighted by molar-refractivity contribution is -0.142. The van der Waals surface area contributed by atoms with E-state index in [-0.39, 0.29) is 11.8 Å². The Hall–Kier alpha value is -3.41. The second-order valence-electron chi connectivity index (χ2n) is 7.67. The third-order valence-corrected chi connectivity index (χ3v) is 5.31. The molecular weight excluding hydrogens is 378 g/mol. The Morgan fingerprint density at radius 1 is 1.17 bits per heavy atom. The monoisotopic (exact) mass is 405 g/mol. The van der Waals surface area contributed by atoms with E-state index in [0.29, 0.717) is 18.5 Å². The van der Waals surface area contributed by atoms with Crippen LogP contribution in [0.5, 0.6) is 5.75 Å². The van der Waals surface area contributed by atoms with Crippen molar-refractivity contribution in [3.8, 4) is 16.9 Å². The lowest BCUT2D eigenvalue weighted by Crippen LogP contribution is -2.42. The van der Waals surface area contributed by atoms with Gasteiger partial charge in [-0.15, -0.1) is 0 Å². The van der Waals surface area contributed by atoms with Crippen molar-refractivity contribution in [3.63, 3.8) is 0 Å². The molecule has 0 radical (unpaired) electrons. The largest absolute Gasteiger partial charge is 0.496 e. The van der Waals surface area contributed by atoms with Crippen LogP contribution in [0.25, 0.3) is 11.1 Å². The quantitative estimate of drug-likeness (QED) is 0.561. The van der Waals surface area contributed by atoms with Crippen molar-refractivity contribution in [1.82, 2.24) is 10.2 Å². The SMILES string of the molecule is C=C(C=Nc1c(-c2ccccc2)ccc(OC)c1C)NC(=O)C1(C(=O)N(C)C)CC1. The van der Waals surface area contributed by atoms with Crippen LogP contribution in [-0.4, -0.2) is 44.1 Å². The molecule has 0 saturated heterocycles. The number of carbonyl (C=O) groups excluding carboxylic acids is 2. The lowest BCUT2D eigenvalue weighted by Gasteiger charge is -2.19. The van der Waals surface area contributed by atoms with Crippen molar-refractivity contribution in [2.75, 3.05) is 21.2 Å². The van der Waals surface area contributed by atoms with Crippen molar-refractivity contribution in [2.45, 2.75) is 19.8 Å². The first-order valence-corrected chi connectivity index (χ1v) is 9.79. The topological polar surface area (TPSA) is 71.0 Å². The summed E-state index contributed by atoms with van der Waals surface area (Å²) in [7, 11) is 4.93. The van der Waals surface area contributed by atoms with E-state index >= 15 is 0 Å². The Balaban J connectivity index is 1.84. The molecule has 1 aliphatic carbocycles. The summed E-state index contributed by atoms with van der Waals surface area (Å²) in [5.41, 5.74) is 2.96. The standard InChI is InChI=1S/C24H27N3O3/c1-16(26-22(28)24(13-14-24)23(29)27(3)4)15-25-21-17(2)20(30-5)12-11-19(21)18-9-7-6-8-10-18/h6-12,15H,1,13-14H2,2-5H3,(H,26,28). The second-order valence-corrected chi connectivity index (χ2v) is 7.67. The Morgan fingerprint density at radius 2 is 1.83 bits per heavy atom. The molecule has 2 aromatic rings. The number of nitrogens with one attached hydrogen (secondary N) is 1. The van der Waals surface area contributed by atoms with Gasteiger partial charge in [0.05, 0.1) is 24.7 Å². The summed E-state index contributed by atoms with van der Waals surface area (Å²) in [6.07, 6.45) is 2.61. The van der Waals surface area contributed by atoms with Crippen molar-refractivity contribution < 1.29 is 14.3 Å². The summed E-state index contributed by atoms with van der Waals surface area (Å²) < 4.78 is 5.44. The van der Waals surface area contributed by atoms with Gasteiger partial charge in [-0.3, -0.25) is 14.6 Å². The highest BCUT2D eigenvalue weighted by molar-refractivity contribution is 6.09. The fraction of sp³-hybridized carbons (Fsp3) is 0.292. The normalized spacial score (nSPS) is 14.3. The highest BCUT2D eigenvalue weighted by Gasteiger charge is 2.57. The van der Waals surface area contributed by atoms with Crippen LogP contribution in [0.4, 0.5) is 5.69 Å². The molecule has 1 fully saturated rings. The first-order chi connectivity index (χ1) is 14.3. The number of rotatable bonds is 7. The Kier molecular flexibility index (Phi) is 6.06. The third kappa shape index (κ3) is 4.13. The van der Waals surface area contributed by atoms with Gasteiger partial charge in [0.25, 0.3) is 0 Å². The third-order valence-electron chi connectivity index (χ3n) is 5.31. The average Bonchev–Trinajstić information content (AvgIpc) is 3.54. The first kappa shape index (κ1) is 21.3. The summed E-state index contributed by atoms with van der Waals surface area (Å²) in [6, 6.07) is 13.8. The Bertz CT molecular complexity index is 1010. The van der Waals surface area contributed by atoms with E-state index in [1.807, 2.05) is 49.4 Å². The molecule has 2 aromatic carbocycles. The van der Waals surface area contributed by atoms with Gasteiger partial charge in [0.2, 0.25) is 11.8 Å². The number of nitrogens with zero attached hydrogens (tertiary/aromatic N) is 2. The molecule has 6 heteroatoms. The van der Waals surface area contributed by atoms with Crippen LogP contribution in [-0.2, 0) is 9.59 Å². The van der Waals surface area contributed by atoms with E-state index in [1.165, 1.54) is 11.1 Å².